The maximum atomic E-state index is 5.46. The summed E-state index contributed by atoms with van der Waals surface area (Å²) in [6.45, 7) is 27.2. The molecule has 0 aliphatic rings. The van der Waals surface area contributed by atoms with Gasteiger partial charge in [-0.25, -0.2) is 29.9 Å². The highest BCUT2D eigenvalue weighted by Crippen LogP contribution is 2.40. The van der Waals surface area contributed by atoms with Gasteiger partial charge in [-0.05, 0) is 98.5 Å². The van der Waals surface area contributed by atoms with E-state index in [1.54, 1.807) is 0 Å². The lowest BCUT2D eigenvalue weighted by Crippen LogP contribution is -2.17. The first kappa shape index (κ1) is 47.1. The van der Waals surface area contributed by atoms with Crippen molar-refractivity contribution in [3.8, 4) is 74.0 Å². The Labute approximate surface area is 419 Å². The molecule has 3 heterocycles. The molecule has 0 atom stereocenters. The maximum Gasteiger partial charge on any atom is 0.166 e. The van der Waals surface area contributed by atoms with Crippen molar-refractivity contribution in [3.63, 3.8) is 0 Å². The second-order valence-corrected chi connectivity index (χ2v) is 23.0. The van der Waals surface area contributed by atoms with Crippen molar-refractivity contribution in [1.82, 2.24) is 34.5 Å². The Morgan fingerprint density at radius 1 is 0.282 bits per heavy atom. The molecule has 0 bridgehead atoms. The minimum absolute atomic E-state index is 0.114. The summed E-state index contributed by atoms with van der Waals surface area (Å²) in [7, 11) is 0. The van der Waals surface area contributed by atoms with Crippen LogP contribution >= 0.6 is 0 Å². The van der Waals surface area contributed by atoms with Gasteiger partial charge in [0, 0.05) is 44.2 Å². The summed E-state index contributed by atoms with van der Waals surface area (Å²) in [5.74, 6) is 3.49. The highest BCUT2D eigenvalue weighted by molar-refractivity contribution is 6.09. The Bertz CT molecular complexity index is 3350. The van der Waals surface area contributed by atoms with Crippen molar-refractivity contribution >= 4 is 21.8 Å². The molecule has 0 aliphatic heterocycles. The van der Waals surface area contributed by atoms with Crippen LogP contribution in [-0.2, 0) is 21.7 Å². The van der Waals surface area contributed by atoms with Gasteiger partial charge in [0.1, 0.15) is 0 Å². The number of benzene rings is 7. The average molecular weight is 930 g/mol. The molecule has 0 spiro atoms. The van der Waals surface area contributed by atoms with E-state index in [0.29, 0.717) is 34.9 Å². The molecule has 7 nitrogen and oxygen atoms in total. The molecule has 0 fully saturated rings. The van der Waals surface area contributed by atoms with Gasteiger partial charge in [-0.3, -0.25) is 0 Å². The van der Waals surface area contributed by atoms with Crippen LogP contribution in [0.25, 0.3) is 95.8 Å². The summed E-state index contributed by atoms with van der Waals surface area (Å²) >= 11 is 0. The van der Waals surface area contributed by atoms with Crippen LogP contribution < -0.4 is 0 Å². The first-order chi connectivity index (χ1) is 33.7. The van der Waals surface area contributed by atoms with Crippen LogP contribution in [0, 0.1) is 0 Å². The zero-order chi connectivity index (χ0) is 50.0. The third-order valence-electron chi connectivity index (χ3n) is 13.5. The van der Waals surface area contributed by atoms with Crippen molar-refractivity contribution in [3.05, 3.63) is 186 Å². The molecule has 7 heteroatoms. The lowest BCUT2D eigenvalue weighted by molar-refractivity contribution is 0.568. The molecule has 0 unspecified atom stereocenters. The fraction of sp³-hybridized carbons (Fsp3) is 0.250. The number of hydrogen-bond acceptors (Lipinski definition) is 6. The lowest BCUT2D eigenvalue weighted by Gasteiger charge is -2.26. The molecular weight excluding hydrogens is 867 g/mol. The van der Waals surface area contributed by atoms with E-state index in [-0.39, 0.29) is 21.7 Å². The fourth-order valence-electron chi connectivity index (χ4n) is 9.17. The average Bonchev–Trinajstić information content (AvgIpc) is 3.69. The Morgan fingerprint density at radius 2 is 0.606 bits per heavy atom. The summed E-state index contributed by atoms with van der Waals surface area (Å²) < 4.78 is 2.33. The van der Waals surface area contributed by atoms with Crippen molar-refractivity contribution in [1.29, 1.82) is 0 Å². The van der Waals surface area contributed by atoms with Crippen LogP contribution in [0.1, 0.15) is 105 Å². The molecule has 0 amide bonds. The minimum atomic E-state index is -0.114. The summed E-state index contributed by atoms with van der Waals surface area (Å²) in [4.78, 5) is 32.1. The van der Waals surface area contributed by atoms with Crippen LogP contribution in [-0.4, -0.2) is 34.5 Å². The van der Waals surface area contributed by atoms with E-state index in [1.165, 1.54) is 22.3 Å². The Kier molecular flexibility index (Phi) is 11.7. The van der Waals surface area contributed by atoms with Gasteiger partial charge in [-0.15, -0.1) is 0 Å². The molecule has 10 rings (SSSR count). The summed E-state index contributed by atoms with van der Waals surface area (Å²) in [5, 5.41) is 2.32. The van der Waals surface area contributed by atoms with Crippen molar-refractivity contribution in [2.24, 2.45) is 0 Å². The molecule has 0 saturated heterocycles. The second-order valence-electron chi connectivity index (χ2n) is 23.0. The molecule has 10 aromatic rings. The van der Waals surface area contributed by atoms with Crippen LogP contribution in [0.5, 0.6) is 0 Å². The standard InChI is InChI=1S/C64H63N7/c1-61(2,3)45-33-43(34-46(38-45)62(4,5)6)58-66-57(67-59(68-58)44-35-47(63(7,8)9)39-48(36-44)64(10,11)12)42-31-32-54(71-52-29-21-19-27-49(52)50-28-20-22-30-53(50)71)51(37-42)60-69-55(40-23-15-13-16-24-40)65-56(70-60)41-25-17-14-18-26-41/h13-39H,1-12H3. The number of nitrogens with zero attached hydrogens (tertiary/aromatic N) is 7. The summed E-state index contributed by atoms with van der Waals surface area (Å²) in [5.41, 5.74) is 12.8. The quantitative estimate of drug-likeness (QED) is 0.158. The zero-order valence-corrected chi connectivity index (χ0v) is 43.2. The van der Waals surface area contributed by atoms with Gasteiger partial charge >= 0.3 is 0 Å². The van der Waals surface area contributed by atoms with Crippen molar-refractivity contribution in [2.45, 2.75) is 105 Å². The fourth-order valence-corrected chi connectivity index (χ4v) is 9.17. The molecule has 0 N–H and O–H groups in total. The van der Waals surface area contributed by atoms with E-state index in [0.717, 1.165) is 60.9 Å². The molecule has 0 aliphatic carbocycles. The number of rotatable bonds is 7. The van der Waals surface area contributed by atoms with Gasteiger partial charge < -0.3 is 4.57 Å². The predicted octanol–water partition coefficient (Wildman–Crippen LogP) is 16.3. The van der Waals surface area contributed by atoms with Crippen molar-refractivity contribution in [2.75, 3.05) is 0 Å². The number of hydrogen-bond donors (Lipinski definition) is 0. The van der Waals surface area contributed by atoms with Crippen LogP contribution in [0.2, 0.25) is 0 Å². The third kappa shape index (κ3) is 9.41. The lowest BCUT2D eigenvalue weighted by atomic mass is 9.79. The zero-order valence-electron chi connectivity index (χ0n) is 43.2. The van der Waals surface area contributed by atoms with Crippen LogP contribution in [0.4, 0.5) is 0 Å². The highest BCUT2D eigenvalue weighted by atomic mass is 15.1. The minimum Gasteiger partial charge on any atom is -0.309 e. The number of fused-ring (bicyclic) bond motifs is 3. The second kappa shape index (κ2) is 17.6. The van der Waals surface area contributed by atoms with Crippen molar-refractivity contribution < 1.29 is 0 Å². The Balaban J connectivity index is 1.29. The Hall–Kier alpha value is -7.64. The van der Waals surface area contributed by atoms with Gasteiger partial charge in [-0.2, -0.15) is 0 Å². The molecule has 0 radical (unpaired) electrons. The maximum absolute atomic E-state index is 5.46. The number of para-hydroxylation sites is 2. The topological polar surface area (TPSA) is 82.3 Å². The molecule has 354 valence electrons. The smallest absolute Gasteiger partial charge is 0.166 e. The predicted molar refractivity (Wildman–Crippen MR) is 295 cm³/mol. The first-order valence-corrected chi connectivity index (χ1v) is 24.8. The van der Waals surface area contributed by atoms with E-state index in [1.807, 2.05) is 60.7 Å². The summed E-state index contributed by atoms with van der Waals surface area (Å²) in [6.07, 6.45) is 0. The van der Waals surface area contributed by atoms with E-state index in [4.69, 9.17) is 29.9 Å². The largest absolute Gasteiger partial charge is 0.309 e. The van der Waals surface area contributed by atoms with Gasteiger partial charge in [0.15, 0.2) is 34.9 Å². The third-order valence-corrected chi connectivity index (χ3v) is 13.5. The van der Waals surface area contributed by atoms with E-state index in [2.05, 4.69) is 191 Å². The first-order valence-electron chi connectivity index (χ1n) is 24.8. The SMILES string of the molecule is CC(C)(C)c1cc(-c2nc(-c3cc(C(C)(C)C)cc(C(C)(C)C)c3)nc(-c3ccc(-n4c5ccccc5c5ccccc54)c(-c4nc(-c5ccccc5)nc(-c5ccccc5)n4)c3)n2)cc(C(C)(C)C)c1. The van der Waals surface area contributed by atoms with E-state index in [9.17, 15) is 0 Å². The van der Waals surface area contributed by atoms with Crippen LogP contribution in [0.3, 0.4) is 0 Å². The Morgan fingerprint density at radius 3 is 0.986 bits per heavy atom. The normalized spacial score (nSPS) is 12.5. The van der Waals surface area contributed by atoms with Gasteiger partial charge in [-0.1, -0.05) is 192 Å². The monoisotopic (exact) mass is 930 g/mol. The summed E-state index contributed by atoms with van der Waals surface area (Å²) in [6, 6.07) is 57.7. The van der Waals surface area contributed by atoms with Gasteiger partial charge in [0.25, 0.3) is 0 Å². The number of aromatic nitrogens is 7. The van der Waals surface area contributed by atoms with Gasteiger partial charge in [0.2, 0.25) is 0 Å². The molecule has 71 heavy (non-hydrogen) atoms. The van der Waals surface area contributed by atoms with E-state index < -0.39 is 0 Å². The molecular formula is C64H63N7. The highest BCUT2D eigenvalue weighted by Gasteiger charge is 2.27. The van der Waals surface area contributed by atoms with Gasteiger partial charge in [0.05, 0.1) is 16.7 Å². The van der Waals surface area contributed by atoms with Crippen LogP contribution in [0.15, 0.2) is 164 Å². The molecule has 3 aromatic heterocycles. The molecule has 0 saturated carbocycles. The van der Waals surface area contributed by atoms with E-state index >= 15 is 0 Å². The molecule has 7 aromatic carbocycles.